The number of hydrogen-bond donors (Lipinski definition) is 2. The summed E-state index contributed by atoms with van der Waals surface area (Å²) in [7, 11) is 0. The second kappa shape index (κ2) is 8.57. The molecule has 0 atom stereocenters. The number of alkyl halides is 3. The molecule has 2 aromatic carbocycles. The molecule has 2 rings (SSSR count). The van der Waals surface area contributed by atoms with Gasteiger partial charge in [-0.2, -0.15) is 18.3 Å². The zero-order valence-electron chi connectivity index (χ0n) is 14.9. The molecule has 5 nitrogen and oxygen atoms in total. The average Bonchev–Trinajstić information content (AvgIpc) is 2.63. The van der Waals surface area contributed by atoms with Crippen LogP contribution in [-0.4, -0.2) is 30.3 Å². The molecule has 0 heterocycles. The Labute approximate surface area is 155 Å². The van der Waals surface area contributed by atoms with E-state index in [4.69, 9.17) is 0 Å². The van der Waals surface area contributed by atoms with Crippen molar-refractivity contribution in [1.29, 1.82) is 0 Å². The highest BCUT2D eigenvalue weighted by atomic mass is 19.4. The Hall–Kier alpha value is -3.03. The van der Waals surface area contributed by atoms with Gasteiger partial charge in [-0.15, -0.1) is 0 Å². The van der Waals surface area contributed by atoms with Gasteiger partial charge in [0.25, 0.3) is 5.91 Å². The third kappa shape index (κ3) is 5.22. The van der Waals surface area contributed by atoms with Crippen LogP contribution in [0.4, 0.5) is 18.9 Å². The Morgan fingerprint density at radius 2 is 1.89 bits per heavy atom. The summed E-state index contributed by atoms with van der Waals surface area (Å²) >= 11 is 0. The molecule has 0 saturated heterocycles. The molecule has 2 N–H and O–H groups in total. The number of benzene rings is 2. The maximum Gasteiger partial charge on any atom is 0.416 e. The van der Waals surface area contributed by atoms with E-state index in [9.17, 15) is 23.1 Å². The number of nitrogens with one attached hydrogen (secondary N) is 1. The first-order valence-electron chi connectivity index (χ1n) is 8.34. The van der Waals surface area contributed by atoms with Crippen molar-refractivity contribution in [1.82, 2.24) is 5.43 Å². The van der Waals surface area contributed by atoms with E-state index in [1.165, 1.54) is 12.3 Å². The predicted molar refractivity (Wildman–Crippen MR) is 98.2 cm³/mol. The van der Waals surface area contributed by atoms with Crippen LogP contribution in [0.5, 0.6) is 5.75 Å². The van der Waals surface area contributed by atoms with Gasteiger partial charge in [0.2, 0.25) is 0 Å². The van der Waals surface area contributed by atoms with Crippen LogP contribution in [-0.2, 0) is 6.18 Å². The van der Waals surface area contributed by atoms with Crippen LogP contribution in [0.25, 0.3) is 0 Å². The van der Waals surface area contributed by atoms with Crippen molar-refractivity contribution < 1.29 is 23.1 Å². The molecule has 0 radical (unpaired) electrons. The van der Waals surface area contributed by atoms with Crippen molar-refractivity contribution in [2.45, 2.75) is 20.0 Å². The fourth-order valence-corrected chi connectivity index (χ4v) is 2.49. The third-order valence-electron chi connectivity index (χ3n) is 3.96. The van der Waals surface area contributed by atoms with Gasteiger partial charge >= 0.3 is 6.18 Å². The van der Waals surface area contributed by atoms with Crippen molar-refractivity contribution >= 4 is 17.8 Å². The molecule has 1 amide bonds. The fourth-order valence-electron chi connectivity index (χ4n) is 2.49. The lowest BCUT2D eigenvalue weighted by molar-refractivity contribution is -0.137. The number of carbonyl (C=O) groups excluding carboxylic acids is 1. The number of amides is 1. The highest BCUT2D eigenvalue weighted by Crippen LogP contribution is 2.29. The smallest absolute Gasteiger partial charge is 0.416 e. The van der Waals surface area contributed by atoms with E-state index in [0.29, 0.717) is 5.56 Å². The summed E-state index contributed by atoms with van der Waals surface area (Å²) in [6.07, 6.45) is -3.30. The van der Waals surface area contributed by atoms with E-state index >= 15 is 0 Å². The number of phenols is 1. The van der Waals surface area contributed by atoms with Gasteiger partial charge in [0.05, 0.1) is 11.8 Å². The zero-order valence-corrected chi connectivity index (χ0v) is 14.9. The summed E-state index contributed by atoms with van der Waals surface area (Å²) in [5.74, 6) is -0.798. The highest BCUT2D eigenvalue weighted by Gasteiger charge is 2.30. The Balaban J connectivity index is 2.08. The molecule has 0 bridgehead atoms. The lowest BCUT2D eigenvalue weighted by atomic mass is 10.1. The number of halogens is 3. The molecular formula is C19H20F3N3O2. The van der Waals surface area contributed by atoms with Gasteiger partial charge in [-0.1, -0.05) is 6.07 Å². The summed E-state index contributed by atoms with van der Waals surface area (Å²) in [4.78, 5) is 14.0. The van der Waals surface area contributed by atoms with Gasteiger partial charge in [-0.05, 0) is 44.2 Å². The second-order valence-electron chi connectivity index (χ2n) is 5.69. The monoisotopic (exact) mass is 379 g/mol. The number of hydrazone groups is 1. The molecule has 0 aromatic heterocycles. The maximum atomic E-state index is 12.7. The summed E-state index contributed by atoms with van der Waals surface area (Å²) in [5.41, 5.74) is 2.30. The van der Waals surface area contributed by atoms with Crippen LogP contribution in [0.2, 0.25) is 0 Å². The van der Waals surface area contributed by atoms with Crippen LogP contribution in [0, 0.1) is 0 Å². The lowest BCUT2D eigenvalue weighted by Gasteiger charge is -2.21. The Bertz CT molecular complexity index is 831. The minimum atomic E-state index is -4.53. The topological polar surface area (TPSA) is 64.9 Å². The SMILES string of the molecule is CCN(CC)c1ccc(C=NNC(=O)c2cccc(C(F)(F)F)c2)c(O)c1. The van der Waals surface area contributed by atoms with Gasteiger partial charge in [-0.3, -0.25) is 4.79 Å². The van der Waals surface area contributed by atoms with Crippen LogP contribution in [0.1, 0.15) is 35.3 Å². The molecule has 27 heavy (non-hydrogen) atoms. The second-order valence-corrected chi connectivity index (χ2v) is 5.69. The average molecular weight is 379 g/mol. The first-order chi connectivity index (χ1) is 12.8. The predicted octanol–water partition coefficient (Wildman–Crippen LogP) is 4.02. The van der Waals surface area contributed by atoms with Crippen molar-refractivity contribution in [2.75, 3.05) is 18.0 Å². The molecule has 0 saturated carbocycles. The van der Waals surface area contributed by atoms with E-state index in [2.05, 4.69) is 15.4 Å². The number of aromatic hydroxyl groups is 1. The van der Waals surface area contributed by atoms with E-state index in [1.807, 2.05) is 19.9 Å². The number of phenolic OH excluding ortho intramolecular Hbond substituents is 1. The fraction of sp³-hybridized carbons (Fsp3) is 0.263. The molecule has 144 valence electrons. The maximum absolute atomic E-state index is 12.7. The van der Waals surface area contributed by atoms with Crippen molar-refractivity contribution in [3.63, 3.8) is 0 Å². The summed E-state index contributed by atoms with van der Waals surface area (Å²) < 4.78 is 38.1. The number of nitrogens with zero attached hydrogens (tertiary/aromatic N) is 2. The van der Waals surface area contributed by atoms with Crippen LogP contribution < -0.4 is 10.3 Å². The number of rotatable bonds is 6. The Morgan fingerprint density at radius 1 is 1.19 bits per heavy atom. The summed E-state index contributed by atoms with van der Waals surface area (Å²) in [6.45, 7) is 5.57. The van der Waals surface area contributed by atoms with Gasteiger partial charge in [-0.25, -0.2) is 5.43 Å². The van der Waals surface area contributed by atoms with E-state index < -0.39 is 17.6 Å². The third-order valence-corrected chi connectivity index (χ3v) is 3.96. The summed E-state index contributed by atoms with van der Waals surface area (Å²) in [5, 5.41) is 13.8. The first-order valence-corrected chi connectivity index (χ1v) is 8.34. The van der Waals surface area contributed by atoms with Crippen molar-refractivity contribution in [3.8, 4) is 5.75 Å². The van der Waals surface area contributed by atoms with Gasteiger partial charge in [0.15, 0.2) is 0 Å². The highest BCUT2D eigenvalue weighted by molar-refractivity contribution is 5.95. The standard InChI is InChI=1S/C19H20F3N3O2/c1-3-25(4-2)16-9-8-14(17(26)11-16)12-23-24-18(27)13-6-5-7-15(10-13)19(20,21)22/h5-12,26H,3-4H2,1-2H3,(H,24,27). The zero-order chi connectivity index (χ0) is 20.0. The summed E-state index contributed by atoms with van der Waals surface area (Å²) in [6, 6.07) is 9.08. The van der Waals surface area contributed by atoms with Gasteiger partial charge < -0.3 is 10.0 Å². The van der Waals surface area contributed by atoms with Crippen molar-refractivity contribution in [2.24, 2.45) is 5.10 Å². The number of carbonyl (C=O) groups is 1. The molecule has 2 aromatic rings. The molecule has 0 spiro atoms. The molecule has 0 fully saturated rings. The number of anilines is 1. The van der Waals surface area contributed by atoms with E-state index in [-0.39, 0.29) is 11.3 Å². The molecule has 0 aliphatic carbocycles. The first kappa shape index (κ1) is 20.3. The van der Waals surface area contributed by atoms with Crippen LogP contribution >= 0.6 is 0 Å². The molecule has 8 heteroatoms. The molecule has 0 aliphatic heterocycles. The molecular weight excluding hydrogens is 359 g/mol. The lowest BCUT2D eigenvalue weighted by Crippen LogP contribution is -2.21. The Morgan fingerprint density at radius 3 is 2.48 bits per heavy atom. The van der Waals surface area contributed by atoms with E-state index in [1.54, 1.807) is 12.1 Å². The molecule has 0 aliphatic rings. The Kier molecular flexibility index (Phi) is 6.44. The van der Waals surface area contributed by atoms with Crippen LogP contribution in [0.3, 0.4) is 0 Å². The largest absolute Gasteiger partial charge is 0.507 e. The molecule has 0 unspecified atom stereocenters. The van der Waals surface area contributed by atoms with Crippen molar-refractivity contribution in [3.05, 3.63) is 59.2 Å². The normalized spacial score (nSPS) is 11.6. The van der Waals surface area contributed by atoms with Crippen LogP contribution in [0.15, 0.2) is 47.6 Å². The number of hydrogen-bond acceptors (Lipinski definition) is 4. The minimum absolute atomic E-state index is 0.0172. The van der Waals surface area contributed by atoms with Gasteiger partial charge in [0.1, 0.15) is 5.75 Å². The van der Waals surface area contributed by atoms with E-state index in [0.717, 1.165) is 37.0 Å². The minimum Gasteiger partial charge on any atom is -0.507 e. The quantitative estimate of drug-likeness (QED) is 0.589. The van der Waals surface area contributed by atoms with Gasteiger partial charge in [0, 0.05) is 36.0 Å².